The highest BCUT2D eigenvalue weighted by atomic mass is 16.2. The van der Waals surface area contributed by atoms with Gasteiger partial charge in [-0.05, 0) is 19.3 Å². The first-order valence-electron chi connectivity index (χ1n) is 5.72. The summed E-state index contributed by atoms with van der Waals surface area (Å²) in [5, 5.41) is 0. The molecule has 5 nitrogen and oxygen atoms in total. The van der Waals surface area contributed by atoms with Crippen molar-refractivity contribution in [2.24, 2.45) is 0 Å². The molecule has 1 aliphatic heterocycles. The van der Waals surface area contributed by atoms with Gasteiger partial charge in [-0.25, -0.2) is 4.79 Å². The molecule has 1 aliphatic rings. The van der Waals surface area contributed by atoms with Gasteiger partial charge in [0.05, 0.1) is 0 Å². The van der Waals surface area contributed by atoms with Gasteiger partial charge in [-0.1, -0.05) is 0 Å². The van der Waals surface area contributed by atoms with Crippen molar-refractivity contribution >= 4 is 11.9 Å². The largest absolute Gasteiger partial charge is 0.347 e. The highest BCUT2D eigenvalue weighted by Gasteiger charge is 2.21. The number of carbonyl (C=O) groups is 2. The molecule has 0 saturated carbocycles. The third-order valence-electron chi connectivity index (χ3n) is 2.82. The summed E-state index contributed by atoms with van der Waals surface area (Å²) in [6.07, 6.45) is 3.34. The van der Waals surface area contributed by atoms with Crippen LogP contribution in [0.1, 0.15) is 19.3 Å². The summed E-state index contributed by atoms with van der Waals surface area (Å²) < 4.78 is 0. The topological polar surface area (TPSA) is 43.9 Å². The smallest absolute Gasteiger partial charge is 0.320 e. The first-order chi connectivity index (χ1) is 7.52. The van der Waals surface area contributed by atoms with E-state index in [4.69, 9.17) is 0 Å². The molecule has 3 amide bonds. The number of carbonyl (C=O) groups excluding carboxylic acids is 2. The van der Waals surface area contributed by atoms with Crippen molar-refractivity contribution in [1.29, 1.82) is 0 Å². The van der Waals surface area contributed by atoms with Crippen molar-refractivity contribution in [3.63, 3.8) is 0 Å². The van der Waals surface area contributed by atoms with Crippen molar-refractivity contribution in [3.8, 4) is 0 Å². The zero-order valence-electron chi connectivity index (χ0n) is 10.4. The molecule has 0 N–H and O–H groups in total. The average molecular weight is 227 g/mol. The van der Waals surface area contributed by atoms with Gasteiger partial charge in [-0.3, -0.25) is 4.79 Å². The van der Waals surface area contributed by atoms with Gasteiger partial charge in [0.15, 0.2) is 0 Å². The number of rotatable bonds is 2. The zero-order chi connectivity index (χ0) is 12.1. The summed E-state index contributed by atoms with van der Waals surface area (Å²) in [7, 11) is 5.07. The number of hydrogen-bond acceptors (Lipinski definition) is 2. The van der Waals surface area contributed by atoms with Crippen molar-refractivity contribution < 1.29 is 9.59 Å². The molecular weight excluding hydrogens is 206 g/mol. The lowest BCUT2D eigenvalue weighted by Gasteiger charge is -2.31. The monoisotopic (exact) mass is 227 g/mol. The molecule has 16 heavy (non-hydrogen) atoms. The van der Waals surface area contributed by atoms with Crippen LogP contribution < -0.4 is 0 Å². The lowest BCUT2D eigenvalue weighted by Crippen LogP contribution is -2.46. The van der Waals surface area contributed by atoms with E-state index in [2.05, 4.69) is 0 Å². The number of hydrogen-bond donors (Lipinski definition) is 0. The molecule has 1 saturated heterocycles. The van der Waals surface area contributed by atoms with E-state index in [1.54, 1.807) is 21.1 Å². The van der Waals surface area contributed by atoms with E-state index < -0.39 is 0 Å². The summed E-state index contributed by atoms with van der Waals surface area (Å²) in [5.41, 5.74) is 0. The summed E-state index contributed by atoms with van der Waals surface area (Å²) in [6.45, 7) is 1.79. The summed E-state index contributed by atoms with van der Waals surface area (Å²) in [4.78, 5) is 28.2. The molecule has 1 fully saturated rings. The van der Waals surface area contributed by atoms with Gasteiger partial charge in [0.1, 0.15) is 6.54 Å². The second-order valence-corrected chi connectivity index (χ2v) is 4.47. The Morgan fingerprint density at radius 3 is 2.12 bits per heavy atom. The molecule has 0 aromatic heterocycles. The van der Waals surface area contributed by atoms with E-state index in [9.17, 15) is 9.59 Å². The van der Waals surface area contributed by atoms with Crippen LogP contribution in [-0.2, 0) is 4.79 Å². The molecule has 0 spiro atoms. The van der Waals surface area contributed by atoms with Gasteiger partial charge in [-0.15, -0.1) is 0 Å². The van der Waals surface area contributed by atoms with E-state index in [0.717, 1.165) is 25.9 Å². The molecule has 0 aliphatic carbocycles. The van der Waals surface area contributed by atoms with Gasteiger partial charge in [0, 0.05) is 34.2 Å². The molecule has 1 heterocycles. The molecule has 0 aromatic rings. The minimum atomic E-state index is -0.0483. The van der Waals surface area contributed by atoms with Crippen molar-refractivity contribution in [2.45, 2.75) is 19.3 Å². The summed E-state index contributed by atoms with van der Waals surface area (Å²) >= 11 is 0. The quantitative estimate of drug-likeness (QED) is 0.694. The molecule has 0 bridgehead atoms. The number of likely N-dealkylation sites (tertiary alicyclic amines) is 1. The maximum atomic E-state index is 11.9. The molecule has 1 rings (SSSR count). The van der Waals surface area contributed by atoms with Gasteiger partial charge in [0.25, 0.3) is 0 Å². The normalized spacial score (nSPS) is 15.8. The third-order valence-corrected chi connectivity index (χ3v) is 2.82. The Balaban J connectivity index is 2.43. The van der Waals surface area contributed by atoms with Gasteiger partial charge < -0.3 is 14.7 Å². The highest BCUT2D eigenvalue weighted by molar-refractivity contribution is 5.83. The molecule has 92 valence electrons. The fourth-order valence-corrected chi connectivity index (χ4v) is 1.74. The minimum absolute atomic E-state index is 0.0325. The Morgan fingerprint density at radius 1 is 1.06 bits per heavy atom. The van der Waals surface area contributed by atoms with Gasteiger partial charge in [0.2, 0.25) is 5.91 Å². The van der Waals surface area contributed by atoms with Crippen LogP contribution >= 0.6 is 0 Å². The van der Waals surface area contributed by atoms with Crippen LogP contribution in [0.25, 0.3) is 0 Å². The fraction of sp³-hybridized carbons (Fsp3) is 0.818. The number of piperidine rings is 1. The number of likely N-dealkylation sites (N-methyl/N-ethyl adjacent to an activating group) is 2. The second-order valence-electron chi connectivity index (χ2n) is 4.47. The number of urea groups is 1. The van der Waals surface area contributed by atoms with Crippen LogP contribution in [0.15, 0.2) is 0 Å². The lowest BCUT2D eigenvalue weighted by molar-refractivity contribution is -0.129. The van der Waals surface area contributed by atoms with Crippen molar-refractivity contribution in [1.82, 2.24) is 14.7 Å². The first-order valence-corrected chi connectivity index (χ1v) is 5.72. The van der Waals surface area contributed by atoms with Crippen molar-refractivity contribution in [3.05, 3.63) is 0 Å². The second kappa shape index (κ2) is 5.72. The Hall–Kier alpha value is -1.26. The van der Waals surface area contributed by atoms with E-state index in [1.165, 1.54) is 16.2 Å². The standard InChI is InChI=1S/C11H21N3O2/c1-12(2)10(15)9-13(3)11(16)14-7-5-4-6-8-14/h4-9H2,1-3H3. The van der Waals surface area contributed by atoms with Crippen molar-refractivity contribution in [2.75, 3.05) is 40.8 Å². The van der Waals surface area contributed by atoms with E-state index in [1.807, 2.05) is 4.90 Å². The SMILES string of the molecule is CN(C)C(=O)CN(C)C(=O)N1CCCCC1. The summed E-state index contributed by atoms with van der Waals surface area (Å²) in [6, 6.07) is -0.0325. The van der Waals surface area contributed by atoms with Crippen LogP contribution in [0.2, 0.25) is 0 Å². The Bertz CT molecular complexity index is 260. The first kappa shape index (κ1) is 12.8. The fourth-order valence-electron chi connectivity index (χ4n) is 1.74. The minimum Gasteiger partial charge on any atom is -0.347 e. The predicted molar refractivity (Wildman–Crippen MR) is 62.1 cm³/mol. The maximum Gasteiger partial charge on any atom is 0.320 e. The molecule has 5 heteroatoms. The van der Waals surface area contributed by atoms with E-state index in [-0.39, 0.29) is 18.5 Å². The Kier molecular flexibility index (Phi) is 4.58. The van der Waals surface area contributed by atoms with Crippen LogP contribution in [0.4, 0.5) is 4.79 Å². The lowest BCUT2D eigenvalue weighted by atomic mass is 10.1. The van der Waals surface area contributed by atoms with Crippen LogP contribution in [0.5, 0.6) is 0 Å². The molecule has 0 aromatic carbocycles. The predicted octanol–water partition coefficient (Wildman–Crippen LogP) is 0.612. The van der Waals surface area contributed by atoms with Crippen LogP contribution in [0, 0.1) is 0 Å². The van der Waals surface area contributed by atoms with Crippen LogP contribution in [-0.4, -0.2) is 67.4 Å². The Morgan fingerprint density at radius 2 is 1.62 bits per heavy atom. The summed E-state index contributed by atoms with van der Waals surface area (Å²) in [5.74, 6) is -0.0483. The highest BCUT2D eigenvalue weighted by Crippen LogP contribution is 2.10. The van der Waals surface area contributed by atoms with E-state index in [0.29, 0.717) is 0 Å². The molecule has 0 radical (unpaired) electrons. The number of amides is 3. The van der Waals surface area contributed by atoms with Crippen LogP contribution in [0.3, 0.4) is 0 Å². The average Bonchev–Trinajstić information content (AvgIpc) is 2.28. The Labute approximate surface area is 97.0 Å². The zero-order valence-corrected chi connectivity index (χ0v) is 10.4. The molecule has 0 atom stereocenters. The molecular formula is C11H21N3O2. The van der Waals surface area contributed by atoms with Gasteiger partial charge in [-0.2, -0.15) is 0 Å². The molecule has 0 unspecified atom stereocenters. The maximum absolute atomic E-state index is 11.9. The van der Waals surface area contributed by atoms with Gasteiger partial charge >= 0.3 is 6.03 Å². The van der Waals surface area contributed by atoms with E-state index >= 15 is 0 Å². The number of nitrogens with zero attached hydrogens (tertiary/aromatic N) is 3. The third kappa shape index (κ3) is 3.40.